The summed E-state index contributed by atoms with van der Waals surface area (Å²) in [5.41, 5.74) is -0.335. The number of nitrogens with zero attached hydrogens (tertiary/aromatic N) is 2. The van der Waals surface area contributed by atoms with Crippen molar-refractivity contribution in [3.05, 3.63) is 0 Å². The van der Waals surface area contributed by atoms with Crippen LogP contribution in [-0.2, 0) is 0 Å². The summed E-state index contributed by atoms with van der Waals surface area (Å²) in [5.74, 6) is 0.941. The molecular weight excluding hydrogens is 234 g/mol. The van der Waals surface area contributed by atoms with Crippen LogP contribution in [-0.4, -0.2) is 37.1 Å². The molecule has 1 rings (SSSR count). The van der Waals surface area contributed by atoms with Gasteiger partial charge in [0.25, 0.3) is 0 Å². The van der Waals surface area contributed by atoms with Crippen LogP contribution >= 0.6 is 0 Å². The van der Waals surface area contributed by atoms with Crippen molar-refractivity contribution in [2.24, 2.45) is 5.92 Å². The first-order valence-corrected chi connectivity index (χ1v) is 7.94. The van der Waals surface area contributed by atoms with Crippen molar-refractivity contribution >= 4 is 0 Å². The van der Waals surface area contributed by atoms with Gasteiger partial charge in [0.1, 0.15) is 5.54 Å². The zero-order chi connectivity index (χ0) is 14.1. The number of nitriles is 1. The molecular formula is C16H31N3. The molecule has 1 N–H and O–H groups in total. The van der Waals surface area contributed by atoms with Crippen molar-refractivity contribution in [1.29, 1.82) is 5.26 Å². The van der Waals surface area contributed by atoms with Gasteiger partial charge in [0.15, 0.2) is 0 Å². The molecule has 0 heterocycles. The molecule has 0 radical (unpaired) electrons. The second-order valence-corrected chi connectivity index (χ2v) is 6.34. The summed E-state index contributed by atoms with van der Waals surface area (Å²) in [6.45, 7) is 7.38. The summed E-state index contributed by atoms with van der Waals surface area (Å²) in [6.07, 6.45) is 9.00. The van der Waals surface area contributed by atoms with Crippen molar-refractivity contribution in [3.8, 4) is 6.07 Å². The molecule has 0 saturated heterocycles. The summed E-state index contributed by atoms with van der Waals surface area (Å²) in [6, 6.07) is 2.40. The smallest absolute Gasteiger partial charge is 0.103 e. The van der Waals surface area contributed by atoms with Gasteiger partial charge in [-0.25, -0.2) is 0 Å². The molecule has 0 aliphatic heterocycles. The van der Waals surface area contributed by atoms with Crippen LogP contribution in [0.25, 0.3) is 0 Å². The maximum Gasteiger partial charge on any atom is 0.103 e. The summed E-state index contributed by atoms with van der Waals surface area (Å²) in [7, 11) is 2.24. The standard InChI is InChI=1S/C16H31N3/c1-4-18-16(2,14-17)11-7-8-12-19(3)13-15-9-5-6-10-15/h15,18H,4-13H2,1-3H3. The molecule has 1 aliphatic rings. The number of hydrogen-bond donors (Lipinski definition) is 1. The average molecular weight is 265 g/mol. The molecule has 0 bridgehead atoms. The summed E-state index contributed by atoms with van der Waals surface area (Å²) in [4.78, 5) is 2.48. The third-order valence-corrected chi connectivity index (χ3v) is 4.32. The van der Waals surface area contributed by atoms with Gasteiger partial charge >= 0.3 is 0 Å². The van der Waals surface area contributed by atoms with E-state index in [1.807, 2.05) is 6.92 Å². The molecule has 1 fully saturated rings. The van der Waals surface area contributed by atoms with Crippen molar-refractivity contribution in [2.45, 2.75) is 64.3 Å². The SMILES string of the molecule is CCNC(C)(C#N)CCCCN(C)CC1CCCC1. The highest BCUT2D eigenvalue weighted by molar-refractivity contribution is 5.03. The van der Waals surface area contributed by atoms with Crippen LogP contribution in [0.4, 0.5) is 0 Å². The predicted molar refractivity (Wildman–Crippen MR) is 81.0 cm³/mol. The van der Waals surface area contributed by atoms with Gasteiger partial charge in [0, 0.05) is 6.54 Å². The number of unbranched alkanes of at least 4 members (excludes halogenated alkanes) is 1. The Morgan fingerprint density at radius 2 is 2.00 bits per heavy atom. The molecule has 3 nitrogen and oxygen atoms in total. The van der Waals surface area contributed by atoms with Gasteiger partial charge in [-0.3, -0.25) is 5.32 Å². The largest absolute Gasteiger partial charge is 0.306 e. The first-order valence-electron chi connectivity index (χ1n) is 7.94. The predicted octanol–water partition coefficient (Wildman–Crippen LogP) is 3.17. The van der Waals surface area contributed by atoms with Gasteiger partial charge in [-0.1, -0.05) is 19.8 Å². The first-order chi connectivity index (χ1) is 9.09. The van der Waals surface area contributed by atoms with Crippen LogP contribution < -0.4 is 5.32 Å². The fraction of sp³-hybridized carbons (Fsp3) is 0.938. The topological polar surface area (TPSA) is 39.1 Å². The Bertz CT molecular complexity index is 278. The minimum Gasteiger partial charge on any atom is -0.306 e. The highest BCUT2D eigenvalue weighted by Gasteiger charge is 2.21. The second kappa shape index (κ2) is 8.55. The lowest BCUT2D eigenvalue weighted by atomic mass is 9.96. The van der Waals surface area contributed by atoms with Crippen LogP contribution in [0.3, 0.4) is 0 Å². The minimum absolute atomic E-state index is 0.335. The molecule has 1 saturated carbocycles. The van der Waals surface area contributed by atoms with Crippen LogP contribution in [0.2, 0.25) is 0 Å². The van der Waals surface area contributed by atoms with Gasteiger partial charge in [-0.05, 0) is 65.1 Å². The lowest BCUT2D eigenvalue weighted by molar-refractivity contribution is 0.268. The maximum atomic E-state index is 9.19. The average Bonchev–Trinajstić information content (AvgIpc) is 2.88. The van der Waals surface area contributed by atoms with Gasteiger partial charge in [-0.15, -0.1) is 0 Å². The van der Waals surface area contributed by atoms with E-state index in [-0.39, 0.29) is 5.54 Å². The van der Waals surface area contributed by atoms with E-state index < -0.39 is 0 Å². The fourth-order valence-corrected chi connectivity index (χ4v) is 3.16. The Morgan fingerprint density at radius 3 is 2.58 bits per heavy atom. The van der Waals surface area contributed by atoms with Gasteiger partial charge in [-0.2, -0.15) is 5.26 Å². The molecule has 0 aromatic heterocycles. The number of rotatable bonds is 9. The Morgan fingerprint density at radius 1 is 1.32 bits per heavy atom. The van der Waals surface area contributed by atoms with Crippen molar-refractivity contribution < 1.29 is 0 Å². The summed E-state index contributed by atoms with van der Waals surface area (Å²) < 4.78 is 0. The fourth-order valence-electron chi connectivity index (χ4n) is 3.16. The van der Waals surface area contributed by atoms with Crippen LogP contribution in [0.1, 0.15) is 58.8 Å². The van der Waals surface area contributed by atoms with Crippen molar-refractivity contribution in [3.63, 3.8) is 0 Å². The molecule has 0 amide bonds. The third-order valence-electron chi connectivity index (χ3n) is 4.32. The maximum absolute atomic E-state index is 9.19. The molecule has 0 spiro atoms. The Labute approximate surface area is 119 Å². The molecule has 3 heteroatoms. The van der Waals surface area contributed by atoms with E-state index in [4.69, 9.17) is 0 Å². The quantitative estimate of drug-likeness (QED) is 0.651. The van der Waals surface area contributed by atoms with Crippen molar-refractivity contribution in [2.75, 3.05) is 26.7 Å². The highest BCUT2D eigenvalue weighted by Crippen LogP contribution is 2.25. The molecule has 1 aliphatic carbocycles. The van der Waals surface area contributed by atoms with Gasteiger partial charge in [0.05, 0.1) is 6.07 Å². The summed E-state index contributed by atoms with van der Waals surface area (Å²) in [5, 5.41) is 12.5. The van der Waals surface area contributed by atoms with E-state index in [2.05, 4.69) is 30.3 Å². The molecule has 0 aromatic rings. The van der Waals surface area contributed by atoms with E-state index >= 15 is 0 Å². The van der Waals surface area contributed by atoms with E-state index in [1.165, 1.54) is 45.2 Å². The molecule has 19 heavy (non-hydrogen) atoms. The highest BCUT2D eigenvalue weighted by atomic mass is 15.1. The number of nitrogens with one attached hydrogen (secondary N) is 1. The normalized spacial score (nSPS) is 19.5. The zero-order valence-electron chi connectivity index (χ0n) is 13.0. The Balaban J connectivity index is 2.10. The summed E-state index contributed by atoms with van der Waals surface area (Å²) >= 11 is 0. The first kappa shape index (κ1) is 16.5. The Hall–Kier alpha value is -0.590. The third kappa shape index (κ3) is 6.40. The van der Waals surface area contributed by atoms with Gasteiger partial charge < -0.3 is 4.90 Å². The molecule has 0 aromatic carbocycles. The molecule has 110 valence electrons. The van der Waals surface area contributed by atoms with Crippen LogP contribution in [0.5, 0.6) is 0 Å². The van der Waals surface area contributed by atoms with E-state index in [0.29, 0.717) is 0 Å². The second-order valence-electron chi connectivity index (χ2n) is 6.34. The van der Waals surface area contributed by atoms with Crippen LogP contribution in [0, 0.1) is 17.2 Å². The van der Waals surface area contributed by atoms with Crippen LogP contribution in [0.15, 0.2) is 0 Å². The molecule has 1 atom stereocenters. The van der Waals surface area contributed by atoms with E-state index in [1.54, 1.807) is 0 Å². The van der Waals surface area contributed by atoms with Gasteiger partial charge in [0.2, 0.25) is 0 Å². The number of hydrogen-bond acceptors (Lipinski definition) is 3. The lowest BCUT2D eigenvalue weighted by Crippen LogP contribution is -2.40. The van der Waals surface area contributed by atoms with E-state index in [9.17, 15) is 5.26 Å². The lowest BCUT2D eigenvalue weighted by Gasteiger charge is -2.24. The van der Waals surface area contributed by atoms with Crippen molar-refractivity contribution in [1.82, 2.24) is 10.2 Å². The molecule has 1 unspecified atom stereocenters. The van der Waals surface area contributed by atoms with E-state index in [0.717, 1.165) is 25.3 Å². The minimum atomic E-state index is -0.335. The zero-order valence-corrected chi connectivity index (χ0v) is 13.0. The Kier molecular flexibility index (Phi) is 7.41. The monoisotopic (exact) mass is 265 g/mol.